The number of rotatable bonds is 2. The number of aliphatic hydroxyl groups excluding tert-OH is 1. The summed E-state index contributed by atoms with van der Waals surface area (Å²) in [5.41, 5.74) is 0. The van der Waals surface area contributed by atoms with E-state index in [4.69, 9.17) is 5.11 Å². The second-order valence-electron chi connectivity index (χ2n) is 1.84. The second-order valence-corrected chi connectivity index (χ2v) is 4.63. The van der Waals surface area contributed by atoms with Crippen LogP contribution in [-0.2, 0) is 0 Å². The molecule has 0 aliphatic carbocycles. The highest BCUT2D eigenvalue weighted by molar-refractivity contribution is 8.77. The van der Waals surface area contributed by atoms with Gasteiger partial charge in [-0.25, -0.2) is 0 Å². The van der Waals surface area contributed by atoms with Crippen molar-refractivity contribution >= 4 is 21.6 Å². The number of hydrogen-bond donors (Lipinski definition) is 1. The molecule has 0 amide bonds. The molecule has 0 saturated carbocycles. The van der Waals surface area contributed by atoms with E-state index in [0.29, 0.717) is 6.61 Å². The fourth-order valence-electron chi connectivity index (χ4n) is 0.708. The summed E-state index contributed by atoms with van der Waals surface area (Å²) in [6.45, 7) is 0.359. The lowest BCUT2D eigenvalue weighted by atomic mass is 10.2. The molecule has 1 heterocycles. The van der Waals surface area contributed by atoms with Gasteiger partial charge in [-0.05, 0) is 12.8 Å². The van der Waals surface area contributed by atoms with Gasteiger partial charge in [0.15, 0.2) is 0 Å². The van der Waals surface area contributed by atoms with Gasteiger partial charge in [-0.15, -0.1) is 0 Å². The zero-order valence-corrected chi connectivity index (χ0v) is 6.30. The minimum atomic E-state index is 0.359. The lowest BCUT2D eigenvalue weighted by molar-refractivity contribution is 0.287. The Bertz CT molecular complexity index is 61.4. The highest BCUT2D eigenvalue weighted by Gasteiger charge is 2.14. The topological polar surface area (TPSA) is 20.2 Å². The van der Waals surface area contributed by atoms with Crippen LogP contribution >= 0.6 is 21.6 Å². The van der Waals surface area contributed by atoms with Crippen LogP contribution in [0.4, 0.5) is 0 Å². The van der Waals surface area contributed by atoms with Crippen LogP contribution in [0.15, 0.2) is 0 Å². The van der Waals surface area contributed by atoms with E-state index >= 15 is 0 Å². The highest BCUT2D eigenvalue weighted by Crippen LogP contribution is 2.38. The largest absolute Gasteiger partial charge is 0.396 e. The van der Waals surface area contributed by atoms with Gasteiger partial charge in [0, 0.05) is 17.6 Å². The van der Waals surface area contributed by atoms with Gasteiger partial charge in [0.2, 0.25) is 0 Å². The molecule has 1 aliphatic rings. The normalized spacial score (nSPS) is 28.9. The van der Waals surface area contributed by atoms with Crippen LogP contribution in [0.5, 0.6) is 0 Å². The van der Waals surface area contributed by atoms with Gasteiger partial charge in [-0.1, -0.05) is 21.6 Å². The smallest absolute Gasteiger partial charge is 0.0441 e. The SMILES string of the molecule is OCCC1CCSS1. The lowest BCUT2D eigenvalue weighted by Gasteiger charge is -2.00. The first-order valence-electron chi connectivity index (χ1n) is 2.82. The third-order valence-corrected chi connectivity index (χ3v) is 4.19. The molecule has 1 N–H and O–H groups in total. The summed E-state index contributed by atoms with van der Waals surface area (Å²) in [6.07, 6.45) is 2.27. The first kappa shape index (κ1) is 6.78. The minimum Gasteiger partial charge on any atom is -0.396 e. The standard InChI is InChI=1S/C5H10OS2/c6-3-1-5-2-4-7-8-5/h5-6H,1-4H2. The van der Waals surface area contributed by atoms with Crippen molar-refractivity contribution in [3.05, 3.63) is 0 Å². The van der Waals surface area contributed by atoms with Crippen LogP contribution in [0.1, 0.15) is 12.8 Å². The summed E-state index contributed by atoms with van der Waals surface area (Å²) >= 11 is 0. The lowest BCUT2D eigenvalue weighted by Crippen LogP contribution is -1.99. The van der Waals surface area contributed by atoms with E-state index in [1.54, 1.807) is 0 Å². The van der Waals surface area contributed by atoms with E-state index in [9.17, 15) is 0 Å². The molecule has 0 aromatic carbocycles. The molecule has 1 nitrogen and oxygen atoms in total. The molecule has 0 aromatic rings. The maximum Gasteiger partial charge on any atom is 0.0441 e. The predicted octanol–water partition coefficient (Wildman–Crippen LogP) is 1.52. The van der Waals surface area contributed by atoms with Gasteiger partial charge in [-0.2, -0.15) is 0 Å². The van der Waals surface area contributed by atoms with Crippen LogP contribution < -0.4 is 0 Å². The molecule has 1 unspecified atom stereocenters. The third kappa shape index (κ3) is 1.88. The molecular weight excluding hydrogens is 140 g/mol. The first-order valence-corrected chi connectivity index (χ1v) is 5.21. The Balaban J connectivity index is 2.06. The van der Waals surface area contributed by atoms with E-state index in [0.717, 1.165) is 11.7 Å². The molecule has 48 valence electrons. The molecule has 1 rings (SSSR count). The van der Waals surface area contributed by atoms with Crippen LogP contribution in [0.2, 0.25) is 0 Å². The molecule has 0 radical (unpaired) electrons. The van der Waals surface area contributed by atoms with Crippen molar-refractivity contribution in [2.45, 2.75) is 18.1 Å². The number of hydrogen-bond acceptors (Lipinski definition) is 3. The Morgan fingerprint density at radius 3 is 3.00 bits per heavy atom. The summed E-state index contributed by atoms with van der Waals surface area (Å²) < 4.78 is 0. The molecule has 3 heteroatoms. The van der Waals surface area contributed by atoms with Crippen molar-refractivity contribution in [1.82, 2.24) is 0 Å². The molecule has 1 saturated heterocycles. The quantitative estimate of drug-likeness (QED) is 0.603. The summed E-state index contributed by atoms with van der Waals surface area (Å²) in [5.74, 6) is 1.27. The molecule has 0 bridgehead atoms. The molecule has 1 fully saturated rings. The fraction of sp³-hybridized carbons (Fsp3) is 1.00. The van der Waals surface area contributed by atoms with Gasteiger partial charge in [0.25, 0.3) is 0 Å². The Kier molecular flexibility index (Phi) is 3.08. The summed E-state index contributed by atoms with van der Waals surface area (Å²) in [5, 5.41) is 9.24. The Labute approximate surface area is 57.6 Å². The zero-order chi connectivity index (χ0) is 5.82. The minimum absolute atomic E-state index is 0.359. The van der Waals surface area contributed by atoms with Gasteiger partial charge >= 0.3 is 0 Å². The van der Waals surface area contributed by atoms with Crippen molar-refractivity contribution in [2.75, 3.05) is 12.4 Å². The van der Waals surface area contributed by atoms with E-state index in [1.165, 1.54) is 12.2 Å². The van der Waals surface area contributed by atoms with Crippen LogP contribution in [0, 0.1) is 0 Å². The third-order valence-electron chi connectivity index (χ3n) is 1.18. The first-order chi connectivity index (χ1) is 3.93. The molecule has 0 spiro atoms. The molecule has 8 heavy (non-hydrogen) atoms. The van der Waals surface area contributed by atoms with Crippen LogP contribution in [0.25, 0.3) is 0 Å². The van der Waals surface area contributed by atoms with Crippen LogP contribution in [-0.4, -0.2) is 22.7 Å². The van der Waals surface area contributed by atoms with Crippen LogP contribution in [0.3, 0.4) is 0 Å². The molecule has 1 atom stereocenters. The highest BCUT2D eigenvalue weighted by atomic mass is 33.1. The Hall–Kier alpha value is 0.660. The average Bonchev–Trinajstić information content (AvgIpc) is 2.19. The zero-order valence-electron chi connectivity index (χ0n) is 4.67. The van der Waals surface area contributed by atoms with Crippen molar-refractivity contribution in [3.8, 4) is 0 Å². The summed E-state index contributed by atoms with van der Waals surface area (Å²) in [4.78, 5) is 0. The van der Waals surface area contributed by atoms with Gasteiger partial charge in [-0.3, -0.25) is 0 Å². The Morgan fingerprint density at radius 2 is 2.50 bits per heavy atom. The number of aliphatic hydroxyl groups is 1. The van der Waals surface area contributed by atoms with Gasteiger partial charge in [0.05, 0.1) is 0 Å². The van der Waals surface area contributed by atoms with E-state index in [1.807, 2.05) is 21.6 Å². The molecule has 1 aliphatic heterocycles. The van der Waals surface area contributed by atoms with E-state index in [-0.39, 0.29) is 0 Å². The van der Waals surface area contributed by atoms with E-state index in [2.05, 4.69) is 0 Å². The monoisotopic (exact) mass is 150 g/mol. The molecule has 0 aromatic heterocycles. The van der Waals surface area contributed by atoms with Crippen molar-refractivity contribution in [1.29, 1.82) is 0 Å². The fourth-order valence-corrected chi connectivity index (χ4v) is 3.67. The Morgan fingerprint density at radius 1 is 1.62 bits per heavy atom. The maximum absolute atomic E-state index is 8.50. The summed E-state index contributed by atoms with van der Waals surface area (Å²) in [7, 11) is 3.85. The van der Waals surface area contributed by atoms with Gasteiger partial charge < -0.3 is 5.11 Å². The van der Waals surface area contributed by atoms with Crippen molar-refractivity contribution in [3.63, 3.8) is 0 Å². The second kappa shape index (κ2) is 3.64. The molecular formula is C5H10OS2. The maximum atomic E-state index is 8.50. The van der Waals surface area contributed by atoms with Crippen molar-refractivity contribution < 1.29 is 5.11 Å². The summed E-state index contributed by atoms with van der Waals surface area (Å²) in [6, 6.07) is 0. The predicted molar refractivity (Wildman–Crippen MR) is 40.2 cm³/mol. The van der Waals surface area contributed by atoms with E-state index < -0.39 is 0 Å². The average molecular weight is 150 g/mol. The van der Waals surface area contributed by atoms with Gasteiger partial charge in [0.1, 0.15) is 0 Å². The van der Waals surface area contributed by atoms with Crippen molar-refractivity contribution in [2.24, 2.45) is 0 Å².